The van der Waals surface area contributed by atoms with E-state index in [-0.39, 0.29) is 6.04 Å². The zero-order valence-corrected chi connectivity index (χ0v) is 12.7. The van der Waals surface area contributed by atoms with E-state index in [1.807, 2.05) is 6.07 Å². The number of hydrogen-bond donors (Lipinski definition) is 1. The fourth-order valence-corrected chi connectivity index (χ4v) is 2.72. The molecule has 1 unspecified atom stereocenters. The summed E-state index contributed by atoms with van der Waals surface area (Å²) >= 11 is 0. The summed E-state index contributed by atoms with van der Waals surface area (Å²) in [6.07, 6.45) is 5.73. The summed E-state index contributed by atoms with van der Waals surface area (Å²) in [6.45, 7) is 6.62. The van der Waals surface area contributed by atoms with Gasteiger partial charge < -0.3 is 15.4 Å². The van der Waals surface area contributed by atoms with E-state index in [9.17, 15) is 0 Å². The average Bonchev–Trinajstić information content (AvgIpc) is 2.98. The van der Waals surface area contributed by atoms with Crippen molar-refractivity contribution in [1.82, 2.24) is 4.90 Å². The van der Waals surface area contributed by atoms with Gasteiger partial charge in [0.05, 0.1) is 6.61 Å². The maximum absolute atomic E-state index is 6.05. The highest BCUT2D eigenvalue weighted by molar-refractivity contribution is 5.33. The van der Waals surface area contributed by atoms with Gasteiger partial charge in [-0.05, 0) is 56.8 Å². The molecule has 0 radical (unpaired) electrons. The minimum atomic E-state index is 0.226. The zero-order valence-electron chi connectivity index (χ0n) is 12.7. The second kappa shape index (κ2) is 8.28. The van der Waals surface area contributed by atoms with Crippen molar-refractivity contribution >= 4 is 0 Å². The highest BCUT2D eigenvalue weighted by atomic mass is 16.5. The van der Waals surface area contributed by atoms with Gasteiger partial charge in [0, 0.05) is 12.6 Å². The van der Waals surface area contributed by atoms with Crippen molar-refractivity contribution in [3.8, 4) is 5.75 Å². The molecule has 1 saturated heterocycles. The molecule has 1 aliphatic heterocycles. The molecule has 0 aliphatic carbocycles. The number of likely N-dealkylation sites (tertiary alicyclic amines) is 1. The van der Waals surface area contributed by atoms with Gasteiger partial charge in [0.1, 0.15) is 5.75 Å². The van der Waals surface area contributed by atoms with Crippen LogP contribution in [0, 0.1) is 0 Å². The Bertz CT molecular complexity index is 388. The number of para-hydroxylation sites is 1. The van der Waals surface area contributed by atoms with Crippen molar-refractivity contribution < 1.29 is 4.74 Å². The maximum atomic E-state index is 6.05. The first-order valence-electron chi connectivity index (χ1n) is 7.98. The van der Waals surface area contributed by atoms with Gasteiger partial charge in [0.15, 0.2) is 0 Å². The van der Waals surface area contributed by atoms with Crippen LogP contribution in [0.4, 0.5) is 0 Å². The first kappa shape index (κ1) is 15.3. The Balaban J connectivity index is 1.76. The van der Waals surface area contributed by atoms with Crippen LogP contribution in [0.15, 0.2) is 24.3 Å². The van der Waals surface area contributed by atoms with Crippen molar-refractivity contribution in [1.29, 1.82) is 0 Å². The predicted octanol–water partition coefficient (Wildman–Crippen LogP) is 2.83. The third-order valence-corrected chi connectivity index (χ3v) is 4.05. The lowest BCUT2D eigenvalue weighted by atomic mass is 10.0. The van der Waals surface area contributed by atoms with Gasteiger partial charge in [-0.1, -0.05) is 25.1 Å². The molecule has 0 amide bonds. The molecular formula is C17H28N2O. The molecule has 1 heterocycles. The largest absolute Gasteiger partial charge is 0.493 e. The molecule has 1 aromatic carbocycles. The lowest BCUT2D eigenvalue weighted by Crippen LogP contribution is -2.23. The van der Waals surface area contributed by atoms with Gasteiger partial charge in [0.2, 0.25) is 0 Å². The molecular weight excluding hydrogens is 248 g/mol. The van der Waals surface area contributed by atoms with Gasteiger partial charge in [-0.25, -0.2) is 0 Å². The molecule has 3 nitrogen and oxygen atoms in total. The fourth-order valence-electron chi connectivity index (χ4n) is 2.72. The quantitative estimate of drug-likeness (QED) is 0.742. The van der Waals surface area contributed by atoms with Gasteiger partial charge in [-0.2, -0.15) is 0 Å². The van der Waals surface area contributed by atoms with E-state index < -0.39 is 0 Å². The summed E-state index contributed by atoms with van der Waals surface area (Å²) in [6, 6.07) is 8.52. The van der Waals surface area contributed by atoms with Crippen LogP contribution in [0.3, 0.4) is 0 Å². The number of nitrogens with two attached hydrogens (primary N) is 1. The maximum Gasteiger partial charge on any atom is 0.122 e. The minimum Gasteiger partial charge on any atom is -0.493 e. The first-order valence-corrected chi connectivity index (χ1v) is 7.98. The van der Waals surface area contributed by atoms with Crippen LogP contribution < -0.4 is 10.5 Å². The highest BCUT2D eigenvalue weighted by Crippen LogP contribution is 2.20. The average molecular weight is 276 g/mol. The van der Waals surface area contributed by atoms with Crippen molar-refractivity contribution in [2.24, 2.45) is 5.73 Å². The Morgan fingerprint density at radius 1 is 1.25 bits per heavy atom. The van der Waals surface area contributed by atoms with Crippen molar-refractivity contribution in [3.63, 3.8) is 0 Å². The van der Waals surface area contributed by atoms with Gasteiger partial charge in [-0.15, -0.1) is 0 Å². The van der Waals surface area contributed by atoms with E-state index in [2.05, 4.69) is 30.0 Å². The second-order valence-electron chi connectivity index (χ2n) is 5.73. The van der Waals surface area contributed by atoms with Crippen LogP contribution in [0.5, 0.6) is 5.75 Å². The third-order valence-electron chi connectivity index (χ3n) is 4.05. The van der Waals surface area contributed by atoms with Crippen LogP contribution >= 0.6 is 0 Å². The summed E-state index contributed by atoms with van der Waals surface area (Å²) in [5.41, 5.74) is 7.29. The molecule has 0 saturated carbocycles. The van der Waals surface area contributed by atoms with Crippen molar-refractivity contribution in [2.45, 2.75) is 45.1 Å². The number of benzene rings is 1. The van der Waals surface area contributed by atoms with Crippen molar-refractivity contribution in [3.05, 3.63) is 29.8 Å². The minimum absolute atomic E-state index is 0.226. The van der Waals surface area contributed by atoms with Crippen LogP contribution in [0.25, 0.3) is 0 Å². The van der Waals surface area contributed by atoms with E-state index in [1.165, 1.54) is 31.5 Å². The molecule has 112 valence electrons. The number of ether oxygens (including phenoxy) is 1. The molecule has 1 fully saturated rings. The van der Waals surface area contributed by atoms with Gasteiger partial charge in [0.25, 0.3) is 0 Å². The molecule has 1 aromatic rings. The Labute approximate surface area is 123 Å². The van der Waals surface area contributed by atoms with E-state index in [0.717, 1.165) is 38.2 Å². The SMILES string of the molecule is CCC(N)Cc1ccccc1OCCCN1CCCC1. The normalized spacial score (nSPS) is 17.3. The number of nitrogens with zero attached hydrogens (tertiary/aromatic N) is 1. The molecule has 1 aliphatic rings. The van der Waals surface area contributed by atoms with Crippen LogP contribution in [-0.4, -0.2) is 37.2 Å². The third kappa shape index (κ3) is 4.80. The van der Waals surface area contributed by atoms with E-state index >= 15 is 0 Å². The van der Waals surface area contributed by atoms with Crippen LogP contribution in [-0.2, 0) is 6.42 Å². The molecule has 3 heteroatoms. The van der Waals surface area contributed by atoms with Crippen molar-refractivity contribution in [2.75, 3.05) is 26.2 Å². The first-order chi connectivity index (χ1) is 9.79. The lowest BCUT2D eigenvalue weighted by Gasteiger charge is -2.16. The topological polar surface area (TPSA) is 38.5 Å². The monoisotopic (exact) mass is 276 g/mol. The summed E-state index contributed by atoms with van der Waals surface area (Å²) < 4.78 is 5.96. The number of rotatable bonds is 8. The summed E-state index contributed by atoms with van der Waals surface area (Å²) in [7, 11) is 0. The lowest BCUT2D eigenvalue weighted by molar-refractivity contribution is 0.261. The Morgan fingerprint density at radius 3 is 2.75 bits per heavy atom. The van der Waals surface area contributed by atoms with E-state index in [4.69, 9.17) is 10.5 Å². The molecule has 1 atom stereocenters. The Kier molecular flexibility index (Phi) is 6.34. The highest BCUT2D eigenvalue weighted by Gasteiger charge is 2.11. The molecule has 0 aromatic heterocycles. The molecule has 0 spiro atoms. The Morgan fingerprint density at radius 2 is 2.00 bits per heavy atom. The fraction of sp³-hybridized carbons (Fsp3) is 0.647. The van der Waals surface area contributed by atoms with Gasteiger partial charge in [-0.3, -0.25) is 0 Å². The van der Waals surface area contributed by atoms with E-state index in [1.54, 1.807) is 0 Å². The smallest absolute Gasteiger partial charge is 0.122 e. The molecule has 0 bridgehead atoms. The standard InChI is InChI=1S/C17H28N2O/c1-2-16(18)14-15-8-3-4-9-17(15)20-13-7-12-19-10-5-6-11-19/h3-4,8-9,16H,2,5-7,10-14,18H2,1H3. The zero-order chi connectivity index (χ0) is 14.2. The van der Waals surface area contributed by atoms with E-state index in [0.29, 0.717) is 0 Å². The summed E-state index contributed by atoms with van der Waals surface area (Å²) in [4.78, 5) is 2.53. The molecule has 2 rings (SSSR count). The molecule has 2 N–H and O–H groups in total. The molecule has 20 heavy (non-hydrogen) atoms. The summed E-state index contributed by atoms with van der Waals surface area (Å²) in [5, 5.41) is 0. The second-order valence-corrected chi connectivity index (χ2v) is 5.73. The van der Waals surface area contributed by atoms with Gasteiger partial charge >= 0.3 is 0 Å². The van der Waals surface area contributed by atoms with Crippen LogP contribution in [0.2, 0.25) is 0 Å². The predicted molar refractivity (Wildman–Crippen MR) is 84.2 cm³/mol. The summed E-state index contributed by atoms with van der Waals surface area (Å²) in [5.74, 6) is 1.01. The van der Waals surface area contributed by atoms with Crippen LogP contribution in [0.1, 0.15) is 38.2 Å². The Hall–Kier alpha value is -1.06. The number of hydrogen-bond acceptors (Lipinski definition) is 3.